The Morgan fingerprint density at radius 3 is 2.36 bits per heavy atom. The van der Waals surface area contributed by atoms with Crippen LogP contribution >= 0.6 is 11.6 Å². The van der Waals surface area contributed by atoms with E-state index in [1.807, 2.05) is 12.1 Å². The van der Waals surface area contributed by atoms with E-state index in [-0.39, 0.29) is 29.5 Å². The molecule has 0 aliphatic heterocycles. The zero-order valence-corrected chi connectivity index (χ0v) is 22.8. The summed E-state index contributed by atoms with van der Waals surface area (Å²) in [5, 5.41) is 16.2. The highest BCUT2D eigenvalue weighted by molar-refractivity contribution is 6.31. The molecule has 2 aromatic carbocycles. The fourth-order valence-electron chi connectivity index (χ4n) is 3.40. The minimum Gasteiger partial charge on any atom is -0.477 e. The molecule has 4 rings (SSSR count). The van der Waals surface area contributed by atoms with Crippen LogP contribution in [0, 0.1) is 11.3 Å². The molecule has 0 fully saturated rings. The van der Waals surface area contributed by atoms with Crippen molar-refractivity contribution in [3.63, 3.8) is 0 Å². The molecule has 0 atom stereocenters. The molecule has 0 aliphatic carbocycles. The van der Waals surface area contributed by atoms with Crippen molar-refractivity contribution in [1.29, 1.82) is 5.26 Å². The Kier molecular flexibility index (Phi) is 10.9. The highest BCUT2D eigenvalue weighted by atomic mass is 35.5. The maximum atomic E-state index is 13.1. The van der Waals surface area contributed by atoms with Crippen LogP contribution in [0.15, 0.2) is 78.0 Å². The van der Waals surface area contributed by atoms with Crippen LogP contribution in [0.1, 0.15) is 22.3 Å². The molecule has 16 heteroatoms. The Labute approximate surface area is 249 Å². The normalized spacial score (nSPS) is 11.1. The molecule has 230 valence electrons. The third-order valence-corrected chi connectivity index (χ3v) is 5.77. The Morgan fingerprint density at radius 1 is 1.05 bits per heavy atom. The highest BCUT2D eigenvalue weighted by Crippen LogP contribution is 2.38. The molecule has 1 N–H and O–H groups in total. The van der Waals surface area contributed by atoms with Crippen molar-refractivity contribution in [3.8, 4) is 23.4 Å². The highest BCUT2D eigenvalue weighted by Gasteiger charge is 2.38. The van der Waals surface area contributed by atoms with Crippen LogP contribution in [0.25, 0.3) is 0 Å². The number of carboxylic acids is 1. The second-order valence-corrected chi connectivity index (χ2v) is 9.03. The summed E-state index contributed by atoms with van der Waals surface area (Å²) in [6.07, 6.45) is -4.45. The number of carboxylic acid groups (broad SMARTS) is 1. The van der Waals surface area contributed by atoms with E-state index in [0.29, 0.717) is 13.0 Å². The number of rotatable bonds is 8. The van der Waals surface area contributed by atoms with E-state index in [9.17, 15) is 36.4 Å². The molecule has 0 bridgehead atoms. The Bertz CT molecular complexity index is 1710. The van der Waals surface area contributed by atoms with Gasteiger partial charge in [0.1, 0.15) is 17.6 Å². The maximum absolute atomic E-state index is 13.1. The topological polar surface area (TPSA) is 127 Å². The second-order valence-electron chi connectivity index (χ2n) is 8.62. The average Bonchev–Trinajstić information content (AvgIpc) is 2.96. The number of hydrogen-bond acceptors (Lipinski definition) is 7. The summed E-state index contributed by atoms with van der Waals surface area (Å²) in [7, 11) is 0. The molecule has 44 heavy (non-hydrogen) atoms. The van der Waals surface area contributed by atoms with Crippen LogP contribution in [0.3, 0.4) is 0 Å². The number of alkyl halides is 6. The SMILES string of the molecule is N#Cc1cc(CCOc2ccn(Cc3cccnc3)c(=O)n2)ccc1Oc1ccc(Cl)c(C(F)(F)F)c1.O=C(O)C(F)(F)F. The first kappa shape index (κ1) is 33.4. The summed E-state index contributed by atoms with van der Waals surface area (Å²) in [6.45, 7) is 0.509. The van der Waals surface area contributed by atoms with Crippen LogP contribution in [0.5, 0.6) is 17.4 Å². The molecular weight excluding hydrogens is 622 g/mol. The average molecular weight is 641 g/mol. The van der Waals surface area contributed by atoms with Crippen molar-refractivity contribution in [3.05, 3.63) is 111 Å². The van der Waals surface area contributed by atoms with Gasteiger partial charge in [-0.25, -0.2) is 9.59 Å². The van der Waals surface area contributed by atoms with Crippen molar-refractivity contribution < 1.29 is 45.7 Å². The Balaban J connectivity index is 0.000000676. The van der Waals surface area contributed by atoms with Gasteiger partial charge in [-0.3, -0.25) is 9.55 Å². The van der Waals surface area contributed by atoms with Crippen LogP contribution < -0.4 is 15.2 Å². The van der Waals surface area contributed by atoms with E-state index in [1.54, 1.807) is 42.9 Å². The predicted molar refractivity (Wildman–Crippen MR) is 142 cm³/mol. The smallest absolute Gasteiger partial charge is 0.477 e. The minimum atomic E-state index is -5.08. The zero-order chi connectivity index (χ0) is 32.5. The van der Waals surface area contributed by atoms with Gasteiger partial charge in [-0.1, -0.05) is 23.7 Å². The van der Waals surface area contributed by atoms with Gasteiger partial charge in [-0.05, 0) is 47.5 Å². The van der Waals surface area contributed by atoms with Crippen LogP contribution in [-0.4, -0.2) is 38.4 Å². The van der Waals surface area contributed by atoms with Gasteiger partial charge in [0.05, 0.1) is 29.3 Å². The first-order chi connectivity index (χ1) is 20.7. The standard InChI is InChI=1S/C26H18ClF3N4O3.C2HF3O2/c27-22-5-4-20(13-21(22)26(28,29)30)37-23-6-3-17(12-19(23)14-31)8-11-36-24-7-10-34(25(35)33-24)16-18-2-1-9-32-15-18;3-2(4,5)1(6)7/h1-7,9-10,12-13,15H,8,11,16H2;(H,6,7). The van der Waals surface area contributed by atoms with Gasteiger partial charge in [-0.2, -0.15) is 36.6 Å². The van der Waals surface area contributed by atoms with E-state index in [0.717, 1.165) is 23.3 Å². The number of pyridine rings is 1. The number of nitriles is 1. The van der Waals surface area contributed by atoms with Crippen molar-refractivity contribution >= 4 is 17.6 Å². The molecule has 0 saturated heterocycles. The molecule has 9 nitrogen and oxygen atoms in total. The van der Waals surface area contributed by atoms with Crippen LogP contribution in [0.4, 0.5) is 26.3 Å². The van der Waals surface area contributed by atoms with Crippen LogP contribution in [-0.2, 0) is 23.9 Å². The van der Waals surface area contributed by atoms with Crippen molar-refractivity contribution in [2.45, 2.75) is 25.3 Å². The van der Waals surface area contributed by atoms with E-state index >= 15 is 0 Å². The molecule has 2 aromatic heterocycles. The third-order valence-electron chi connectivity index (χ3n) is 5.44. The lowest BCUT2D eigenvalue weighted by atomic mass is 10.1. The summed E-state index contributed by atoms with van der Waals surface area (Å²) in [4.78, 5) is 29.1. The number of carbonyl (C=O) groups is 1. The molecule has 0 unspecified atom stereocenters. The minimum absolute atomic E-state index is 0.0986. The Morgan fingerprint density at radius 2 is 1.77 bits per heavy atom. The first-order valence-corrected chi connectivity index (χ1v) is 12.5. The lowest BCUT2D eigenvalue weighted by molar-refractivity contribution is -0.192. The molecular formula is C28H19ClF6N4O5. The quantitative estimate of drug-likeness (QED) is 0.223. The van der Waals surface area contributed by atoms with Gasteiger partial charge in [0.25, 0.3) is 0 Å². The zero-order valence-electron chi connectivity index (χ0n) is 22.1. The number of ether oxygens (including phenoxy) is 2. The summed E-state index contributed by atoms with van der Waals surface area (Å²) >= 11 is 5.64. The molecule has 0 saturated carbocycles. The van der Waals surface area contributed by atoms with Gasteiger partial charge in [0.15, 0.2) is 0 Å². The van der Waals surface area contributed by atoms with Crippen LogP contribution in [0.2, 0.25) is 5.02 Å². The second kappa shape index (κ2) is 14.4. The molecule has 4 aromatic rings. The molecule has 0 aliphatic rings. The lowest BCUT2D eigenvalue weighted by Crippen LogP contribution is -2.23. The first-order valence-electron chi connectivity index (χ1n) is 12.1. The van der Waals surface area contributed by atoms with Gasteiger partial charge >= 0.3 is 24.0 Å². The number of aliphatic carboxylic acids is 1. The Hall–Kier alpha value is -5.10. The van der Waals surface area contributed by atoms with E-state index in [2.05, 4.69) is 9.97 Å². The van der Waals surface area contributed by atoms with Gasteiger partial charge in [0.2, 0.25) is 5.88 Å². The van der Waals surface area contributed by atoms with Crippen molar-refractivity contribution in [2.24, 2.45) is 0 Å². The summed E-state index contributed by atoms with van der Waals surface area (Å²) in [5.41, 5.74) is 0.221. The largest absolute Gasteiger partial charge is 0.490 e. The molecule has 0 amide bonds. The van der Waals surface area contributed by atoms with Gasteiger partial charge in [0, 0.05) is 31.1 Å². The van der Waals surface area contributed by atoms with Crippen molar-refractivity contribution in [2.75, 3.05) is 6.61 Å². The predicted octanol–water partition coefficient (Wildman–Crippen LogP) is 6.28. The molecule has 0 spiro atoms. The fourth-order valence-corrected chi connectivity index (χ4v) is 3.62. The summed E-state index contributed by atoms with van der Waals surface area (Å²) < 4.78 is 83.6. The molecule has 0 radical (unpaired) electrons. The van der Waals surface area contributed by atoms with Crippen molar-refractivity contribution in [1.82, 2.24) is 14.5 Å². The number of aromatic nitrogens is 3. The van der Waals surface area contributed by atoms with Gasteiger partial charge in [-0.15, -0.1) is 0 Å². The molecule has 2 heterocycles. The summed E-state index contributed by atoms with van der Waals surface area (Å²) in [6, 6.07) is 15.1. The van der Waals surface area contributed by atoms with E-state index < -0.39 is 34.6 Å². The lowest BCUT2D eigenvalue weighted by Gasteiger charge is -2.13. The van der Waals surface area contributed by atoms with E-state index in [4.69, 9.17) is 31.0 Å². The number of nitrogens with zero attached hydrogens (tertiary/aromatic N) is 4. The monoisotopic (exact) mass is 640 g/mol. The number of halogens is 7. The summed E-state index contributed by atoms with van der Waals surface area (Å²) in [5.74, 6) is -2.60. The maximum Gasteiger partial charge on any atom is 0.490 e. The van der Waals surface area contributed by atoms with E-state index in [1.165, 1.54) is 16.7 Å². The fraction of sp³-hybridized carbons (Fsp3) is 0.179. The third kappa shape index (κ3) is 9.73. The number of benzene rings is 2. The van der Waals surface area contributed by atoms with Gasteiger partial charge < -0.3 is 14.6 Å². The number of hydrogen-bond donors (Lipinski definition) is 1.